The second-order valence-corrected chi connectivity index (χ2v) is 5.52. The van der Waals surface area contributed by atoms with Crippen LogP contribution in [0, 0.1) is 0 Å². The number of epoxide rings is 1. The number of ether oxygens (including phenoxy) is 1. The van der Waals surface area contributed by atoms with Crippen molar-refractivity contribution in [2.75, 3.05) is 6.61 Å². The summed E-state index contributed by atoms with van der Waals surface area (Å²) in [6.07, 6.45) is 2.57. The molecular formula is C12H13BrO. The quantitative estimate of drug-likeness (QED) is 0.737. The molecule has 1 aromatic carbocycles. The van der Waals surface area contributed by atoms with Crippen LogP contribution in [0.25, 0.3) is 0 Å². The molecule has 2 fully saturated rings. The van der Waals surface area contributed by atoms with E-state index >= 15 is 0 Å². The van der Waals surface area contributed by atoms with Crippen LogP contribution in [-0.4, -0.2) is 12.2 Å². The van der Waals surface area contributed by atoms with E-state index in [-0.39, 0.29) is 5.60 Å². The van der Waals surface area contributed by atoms with Gasteiger partial charge in [0.05, 0.1) is 12.2 Å². The molecule has 0 bridgehead atoms. The van der Waals surface area contributed by atoms with Crippen molar-refractivity contribution in [2.45, 2.75) is 30.8 Å². The number of hydrogen-bond acceptors (Lipinski definition) is 1. The Hall–Kier alpha value is -0.340. The van der Waals surface area contributed by atoms with E-state index in [0.29, 0.717) is 5.41 Å². The van der Waals surface area contributed by atoms with Crippen molar-refractivity contribution >= 4 is 15.9 Å². The molecule has 3 rings (SSSR count). The minimum Gasteiger partial charge on any atom is -0.369 e. The number of halogens is 1. The number of rotatable bonds is 2. The molecule has 0 spiro atoms. The average Bonchev–Trinajstić information content (AvgIpc) is 3.01. The third kappa shape index (κ3) is 1.10. The van der Waals surface area contributed by atoms with Gasteiger partial charge in [-0.25, -0.2) is 0 Å². The van der Waals surface area contributed by atoms with Crippen LogP contribution in [0.2, 0.25) is 0 Å². The van der Waals surface area contributed by atoms with Gasteiger partial charge in [0, 0.05) is 9.89 Å². The van der Waals surface area contributed by atoms with Crippen LogP contribution in [0.1, 0.15) is 25.3 Å². The second kappa shape index (κ2) is 2.61. The predicted octanol–water partition coefficient (Wildman–Crippen LogP) is 3.27. The van der Waals surface area contributed by atoms with Gasteiger partial charge in [0.25, 0.3) is 0 Å². The Kier molecular flexibility index (Phi) is 1.67. The van der Waals surface area contributed by atoms with Crippen LogP contribution in [0.5, 0.6) is 0 Å². The van der Waals surface area contributed by atoms with Gasteiger partial charge in [-0.3, -0.25) is 0 Å². The van der Waals surface area contributed by atoms with Crippen LogP contribution >= 0.6 is 15.9 Å². The van der Waals surface area contributed by atoms with Crippen molar-refractivity contribution in [1.82, 2.24) is 0 Å². The largest absolute Gasteiger partial charge is 0.369 e. The summed E-state index contributed by atoms with van der Waals surface area (Å²) < 4.78 is 6.75. The Balaban J connectivity index is 1.99. The Morgan fingerprint density at radius 1 is 1.21 bits per heavy atom. The van der Waals surface area contributed by atoms with Gasteiger partial charge in [-0.15, -0.1) is 0 Å². The first-order valence-electron chi connectivity index (χ1n) is 5.06. The van der Waals surface area contributed by atoms with E-state index in [1.54, 1.807) is 0 Å². The Morgan fingerprint density at radius 3 is 2.21 bits per heavy atom. The van der Waals surface area contributed by atoms with Gasteiger partial charge in [0.2, 0.25) is 0 Å². The van der Waals surface area contributed by atoms with Crippen molar-refractivity contribution in [1.29, 1.82) is 0 Å². The fourth-order valence-electron chi connectivity index (χ4n) is 2.40. The highest BCUT2D eigenvalue weighted by atomic mass is 79.9. The van der Waals surface area contributed by atoms with Crippen LogP contribution < -0.4 is 0 Å². The lowest BCUT2D eigenvalue weighted by atomic mass is 9.84. The lowest BCUT2D eigenvalue weighted by Crippen LogP contribution is -2.26. The van der Waals surface area contributed by atoms with E-state index in [1.807, 2.05) is 0 Å². The predicted molar refractivity (Wildman–Crippen MR) is 59.4 cm³/mol. The zero-order valence-corrected chi connectivity index (χ0v) is 9.80. The van der Waals surface area contributed by atoms with Crippen LogP contribution in [-0.2, 0) is 10.2 Å². The lowest BCUT2D eigenvalue weighted by Gasteiger charge is -2.20. The standard InChI is InChI=1S/C12H13BrO/c1-11(8-14-11)12(6-7-12)9-2-4-10(13)5-3-9/h2-5H,6-8H2,1H3. The first-order chi connectivity index (χ1) is 6.66. The zero-order chi connectivity index (χ0) is 9.81. The molecule has 14 heavy (non-hydrogen) atoms. The van der Waals surface area contributed by atoms with E-state index in [0.717, 1.165) is 11.1 Å². The van der Waals surface area contributed by atoms with Crippen molar-refractivity contribution in [3.05, 3.63) is 34.3 Å². The second-order valence-electron chi connectivity index (χ2n) is 4.61. The lowest BCUT2D eigenvalue weighted by molar-refractivity contribution is 0.269. The average molecular weight is 253 g/mol. The fraction of sp³-hybridized carbons (Fsp3) is 0.500. The molecule has 1 unspecified atom stereocenters. The molecular weight excluding hydrogens is 240 g/mol. The van der Waals surface area contributed by atoms with Crippen LogP contribution in [0.4, 0.5) is 0 Å². The summed E-state index contributed by atoms with van der Waals surface area (Å²) in [5.74, 6) is 0. The molecule has 0 N–H and O–H groups in total. The maximum atomic E-state index is 5.60. The fourth-order valence-corrected chi connectivity index (χ4v) is 2.67. The third-order valence-electron chi connectivity index (χ3n) is 3.74. The Labute approximate surface area is 92.6 Å². The molecule has 2 aliphatic rings. The Morgan fingerprint density at radius 2 is 1.79 bits per heavy atom. The molecule has 0 radical (unpaired) electrons. The molecule has 1 atom stereocenters. The Bertz CT molecular complexity index is 360. The van der Waals surface area contributed by atoms with Gasteiger partial charge >= 0.3 is 0 Å². The van der Waals surface area contributed by atoms with Gasteiger partial charge in [0.15, 0.2) is 0 Å². The summed E-state index contributed by atoms with van der Waals surface area (Å²) >= 11 is 3.47. The topological polar surface area (TPSA) is 12.5 Å². The number of benzene rings is 1. The first-order valence-corrected chi connectivity index (χ1v) is 5.86. The van der Waals surface area contributed by atoms with Crippen LogP contribution in [0.15, 0.2) is 28.7 Å². The summed E-state index contributed by atoms with van der Waals surface area (Å²) in [6.45, 7) is 3.17. The summed E-state index contributed by atoms with van der Waals surface area (Å²) in [7, 11) is 0. The van der Waals surface area contributed by atoms with Crippen molar-refractivity contribution < 1.29 is 4.74 Å². The van der Waals surface area contributed by atoms with Crippen molar-refractivity contribution in [2.24, 2.45) is 0 Å². The van der Waals surface area contributed by atoms with E-state index in [9.17, 15) is 0 Å². The molecule has 0 amide bonds. The summed E-state index contributed by atoms with van der Waals surface area (Å²) in [5.41, 5.74) is 1.93. The molecule has 1 aliphatic heterocycles. The first kappa shape index (κ1) is 8.93. The third-order valence-corrected chi connectivity index (χ3v) is 4.27. The SMILES string of the molecule is CC1(C2(c3ccc(Br)cc3)CC2)CO1. The van der Waals surface area contributed by atoms with E-state index in [1.165, 1.54) is 18.4 Å². The highest BCUT2D eigenvalue weighted by Crippen LogP contribution is 2.61. The molecule has 1 nitrogen and oxygen atoms in total. The molecule has 2 heteroatoms. The molecule has 1 heterocycles. The van der Waals surface area contributed by atoms with Crippen molar-refractivity contribution in [3.63, 3.8) is 0 Å². The summed E-state index contributed by atoms with van der Waals surface area (Å²) in [6, 6.07) is 8.70. The van der Waals surface area contributed by atoms with Gasteiger partial charge < -0.3 is 4.74 Å². The molecule has 0 aromatic heterocycles. The molecule has 74 valence electrons. The zero-order valence-electron chi connectivity index (χ0n) is 8.22. The van der Waals surface area contributed by atoms with E-state index in [2.05, 4.69) is 47.1 Å². The summed E-state index contributed by atoms with van der Waals surface area (Å²) in [4.78, 5) is 0. The minimum absolute atomic E-state index is 0.140. The normalized spacial score (nSPS) is 32.7. The molecule has 1 aliphatic carbocycles. The van der Waals surface area contributed by atoms with Crippen molar-refractivity contribution in [3.8, 4) is 0 Å². The maximum Gasteiger partial charge on any atom is 0.0984 e. The van der Waals surface area contributed by atoms with E-state index < -0.39 is 0 Å². The highest BCUT2D eigenvalue weighted by molar-refractivity contribution is 9.10. The van der Waals surface area contributed by atoms with E-state index in [4.69, 9.17) is 4.74 Å². The van der Waals surface area contributed by atoms with Gasteiger partial charge in [0.1, 0.15) is 0 Å². The smallest absolute Gasteiger partial charge is 0.0984 e. The maximum absolute atomic E-state index is 5.60. The minimum atomic E-state index is 0.140. The van der Waals surface area contributed by atoms with Gasteiger partial charge in [-0.1, -0.05) is 28.1 Å². The molecule has 1 saturated heterocycles. The highest BCUT2D eigenvalue weighted by Gasteiger charge is 2.65. The summed E-state index contributed by atoms with van der Waals surface area (Å²) in [5, 5.41) is 0. The number of hydrogen-bond donors (Lipinski definition) is 0. The monoisotopic (exact) mass is 252 g/mol. The molecule has 1 saturated carbocycles. The van der Waals surface area contributed by atoms with Gasteiger partial charge in [-0.2, -0.15) is 0 Å². The van der Waals surface area contributed by atoms with Crippen LogP contribution in [0.3, 0.4) is 0 Å². The van der Waals surface area contributed by atoms with Gasteiger partial charge in [-0.05, 0) is 37.5 Å². The molecule has 1 aromatic rings.